The van der Waals surface area contributed by atoms with Crippen LogP contribution in [0.15, 0.2) is 53.0 Å². The fourth-order valence-electron chi connectivity index (χ4n) is 4.99. The van der Waals surface area contributed by atoms with Crippen molar-refractivity contribution in [3.63, 3.8) is 0 Å². The molecule has 1 N–H and O–H groups in total. The van der Waals surface area contributed by atoms with Gasteiger partial charge in [0.25, 0.3) is 0 Å². The fraction of sp³-hybridized carbons (Fsp3) is 0.444. The van der Waals surface area contributed by atoms with E-state index in [1.165, 1.54) is 5.69 Å². The number of rotatable bonds is 7. The number of likely N-dealkylation sites (N-methyl/N-ethyl adjacent to an activating group) is 1. The van der Waals surface area contributed by atoms with Gasteiger partial charge < -0.3 is 24.8 Å². The Balaban J connectivity index is 1.42. The molecule has 2 aliphatic rings. The molecule has 0 radical (unpaired) electrons. The SMILES string of the molecule is COCC1(C)CN(c2cccc(N=S(C)(C)=O)n2)c2nc(Nc3ccc(N4CCN(C)CC4)cc3)ncc21. The summed E-state index contributed by atoms with van der Waals surface area (Å²) < 4.78 is 22.1. The monoisotopic (exact) mass is 536 g/mol. The Morgan fingerprint density at radius 2 is 1.82 bits per heavy atom. The molecule has 5 rings (SSSR count). The van der Waals surface area contributed by atoms with Crippen LogP contribution >= 0.6 is 0 Å². The summed E-state index contributed by atoms with van der Waals surface area (Å²) in [4.78, 5) is 21.1. The van der Waals surface area contributed by atoms with E-state index < -0.39 is 9.73 Å². The van der Waals surface area contributed by atoms with Gasteiger partial charge in [-0.05, 0) is 43.4 Å². The van der Waals surface area contributed by atoms with E-state index in [0.717, 1.165) is 43.2 Å². The molecule has 2 aromatic heterocycles. The third-order valence-electron chi connectivity index (χ3n) is 6.95. The second kappa shape index (κ2) is 10.5. The molecule has 1 aromatic carbocycles. The summed E-state index contributed by atoms with van der Waals surface area (Å²) in [6.07, 6.45) is 5.08. The zero-order chi connectivity index (χ0) is 26.9. The molecule has 0 bridgehead atoms. The second-order valence-corrected chi connectivity index (χ2v) is 13.1. The Bertz CT molecular complexity index is 1410. The third-order valence-corrected chi connectivity index (χ3v) is 7.57. The average Bonchev–Trinajstić information content (AvgIpc) is 3.16. The summed E-state index contributed by atoms with van der Waals surface area (Å²) in [6, 6.07) is 14.0. The van der Waals surface area contributed by atoms with Gasteiger partial charge in [0.1, 0.15) is 11.6 Å². The van der Waals surface area contributed by atoms with Crippen molar-refractivity contribution in [1.82, 2.24) is 19.9 Å². The van der Waals surface area contributed by atoms with Gasteiger partial charge in [0.2, 0.25) is 5.95 Å². The smallest absolute Gasteiger partial charge is 0.229 e. The highest BCUT2D eigenvalue weighted by Gasteiger charge is 2.42. The van der Waals surface area contributed by atoms with Crippen molar-refractivity contribution in [3.8, 4) is 0 Å². The number of benzene rings is 1. The third kappa shape index (κ3) is 5.74. The Hall–Kier alpha value is -3.28. The summed E-state index contributed by atoms with van der Waals surface area (Å²) in [5.41, 5.74) is 2.82. The van der Waals surface area contributed by atoms with Gasteiger partial charge in [-0.3, -0.25) is 0 Å². The zero-order valence-electron chi connectivity index (χ0n) is 22.7. The summed E-state index contributed by atoms with van der Waals surface area (Å²) in [6.45, 7) is 7.49. The molecular formula is C27H36N8O2S. The van der Waals surface area contributed by atoms with Crippen LogP contribution in [-0.4, -0.2) is 90.1 Å². The normalized spacial score (nSPS) is 19.9. The molecule has 0 aliphatic carbocycles. The van der Waals surface area contributed by atoms with Crippen LogP contribution in [0.2, 0.25) is 0 Å². The first-order valence-corrected chi connectivity index (χ1v) is 15.1. The molecule has 4 heterocycles. The van der Waals surface area contributed by atoms with Crippen LogP contribution in [-0.2, 0) is 19.9 Å². The maximum atomic E-state index is 12.2. The summed E-state index contributed by atoms with van der Waals surface area (Å²) >= 11 is 0. The first-order chi connectivity index (χ1) is 18.1. The lowest BCUT2D eigenvalue weighted by atomic mass is 9.87. The highest BCUT2D eigenvalue weighted by molar-refractivity contribution is 7.92. The lowest BCUT2D eigenvalue weighted by Crippen LogP contribution is -2.44. The van der Waals surface area contributed by atoms with Crippen LogP contribution < -0.4 is 15.1 Å². The van der Waals surface area contributed by atoms with E-state index in [1.54, 1.807) is 25.7 Å². The van der Waals surface area contributed by atoms with Gasteiger partial charge in [0.15, 0.2) is 5.82 Å². The van der Waals surface area contributed by atoms with Crippen molar-refractivity contribution in [2.45, 2.75) is 12.3 Å². The van der Waals surface area contributed by atoms with Crippen molar-refractivity contribution in [1.29, 1.82) is 0 Å². The van der Waals surface area contributed by atoms with E-state index in [1.807, 2.05) is 18.3 Å². The number of hydrogen-bond donors (Lipinski definition) is 1. The zero-order valence-corrected chi connectivity index (χ0v) is 23.5. The molecular weight excluding hydrogens is 500 g/mol. The van der Waals surface area contributed by atoms with Crippen LogP contribution in [0.25, 0.3) is 0 Å². The number of nitrogens with zero attached hydrogens (tertiary/aromatic N) is 7. The summed E-state index contributed by atoms with van der Waals surface area (Å²) in [5, 5.41) is 3.36. The number of pyridine rings is 1. The molecule has 202 valence electrons. The van der Waals surface area contributed by atoms with E-state index in [2.05, 4.69) is 72.6 Å². The van der Waals surface area contributed by atoms with E-state index in [9.17, 15) is 4.21 Å². The van der Waals surface area contributed by atoms with Crippen LogP contribution in [0.1, 0.15) is 12.5 Å². The van der Waals surface area contributed by atoms with Crippen molar-refractivity contribution in [2.75, 3.05) is 81.1 Å². The summed E-state index contributed by atoms with van der Waals surface area (Å²) in [5.74, 6) is 2.41. The number of anilines is 5. The number of ether oxygens (including phenoxy) is 1. The quantitative estimate of drug-likeness (QED) is 0.484. The van der Waals surface area contributed by atoms with Gasteiger partial charge in [-0.2, -0.15) is 9.35 Å². The Labute approximate surface area is 225 Å². The highest BCUT2D eigenvalue weighted by atomic mass is 32.2. The molecule has 2 aliphatic heterocycles. The molecule has 1 atom stereocenters. The van der Waals surface area contributed by atoms with Gasteiger partial charge in [0.05, 0.1) is 6.61 Å². The van der Waals surface area contributed by atoms with Gasteiger partial charge in [-0.1, -0.05) is 13.0 Å². The number of aromatic nitrogens is 3. The van der Waals surface area contributed by atoms with E-state index in [4.69, 9.17) is 9.72 Å². The number of nitrogens with one attached hydrogen (secondary N) is 1. The fourth-order valence-corrected chi connectivity index (χ4v) is 5.55. The predicted octanol–water partition coefficient (Wildman–Crippen LogP) is 3.78. The lowest BCUT2D eigenvalue weighted by Gasteiger charge is -2.34. The van der Waals surface area contributed by atoms with Gasteiger partial charge in [-0.25, -0.2) is 14.2 Å². The summed E-state index contributed by atoms with van der Waals surface area (Å²) in [7, 11) is 1.53. The molecule has 10 nitrogen and oxygen atoms in total. The Morgan fingerprint density at radius 1 is 1.08 bits per heavy atom. The van der Waals surface area contributed by atoms with Crippen LogP contribution in [0.3, 0.4) is 0 Å². The Kier molecular flexibility index (Phi) is 7.26. The molecule has 38 heavy (non-hydrogen) atoms. The molecule has 0 saturated carbocycles. The Morgan fingerprint density at radius 3 is 2.50 bits per heavy atom. The van der Waals surface area contributed by atoms with Gasteiger partial charge in [0, 0.05) is 90.6 Å². The van der Waals surface area contributed by atoms with Crippen molar-refractivity contribution >= 4 is 44.5 Å². The maximum Gasteiger partial charge on any atom is 0.229 e. The molecule has 1 saturated heterocycles. The average molecular weight is 537 g/mol. The van der Waals surface area contributed by atoms with E-state index in [0.29, 0.717) is 30.7 Å². The largest absolute Gasteiger partial charge is 0.384 e. The molecule has 11 heteroatoms. The predicted molar refractivity (Wildman–Crippen MR) is 154 cm³/mol. The first kappa shape index (κ1) is 26.3. The molecule has 1 fully saturated rings. The van der Waals surface area contributed by atoms with E-state index in [-0.39, 0.29) is 5.41 Å². The van der Waals surface area contributed by atoms with Gasteiger partial charge >= 0.3 is 0 Å². The lowest BCUT2D eigenvalue weighted by molar-refractivity contribution is 0.145. The van der Waals surface area contributed by atoms with E-state index >= 15 is 0 Å². The van der Waals surface area contributed by atoms with Crippen molar-refractivity contribution < 1.29 is 8.95 Å². The molecule has 0 amide bonds. The van der Waals surface area contributed by atoms with Gasteiger partial charge in [-0.15, -0.1) is 0 Å². The van der Waals surface area contributed by atoms with Crippen molar-refractivity contribution in [3.05, 3.63) is 54.2 Å². The minimum absolute atomic E-state index is 0.315. The minimum Gasteiger partial charge on any atom is -0.384 e. The van der Waals surface area contributed by atoms with Crippen LogP contribution in [0.5, 0.6) is 0 Å². The standard InChI is InChI=1S/C27H36N8O2S/c1-27(19-37-3)18-35(24-8-6-7-23(30-24)32-38(4,5)36)25-22(27)17-28-26(31-25)29-20-9-11-21(12-10-20)34-15-13-33(2)14-16-34/h6-12,17H,13-16,18-19H2,1-5H3,(H,28,29,31). The molecule has 1 unspecified atom stereocenters. The number of piperazine rings is 1. The molecule has 0 spiro atoms. The highest BCUT2D eigenvalue weighted by Crippen LogP contribution is 2.43. The topological polar surface area (TPSA) is 99.1 Å². The van der Waals surface area contributed by atoms with Crippen molar-refractivity contribution in [2.24, 2.45) is 4.36 Å². The second-order valence-electron chi connectivity index (χ2n) is 10.6. The number of hydrogen-bond acceptors (Lipinski definition) is 10. The van der Waals surface area contributed by atoms with Crippen LogP contribution in [0, 0.1) is 0 Å². The van der Waals surface area contributed by atoms with Crippen LogP contribution in [0.4, 0.5) is 34.8 Å². The minimum atomic E-state index is -2.33. The number of methoxy groups -OCH3 is 1. The number of fused-ring (bicyclic) bond motifs is 1. The first-order valence-electron chi connectivity index (χ1n) is 12.7. The maximum absolute atomic E-state index is 12.2. The molecule has 3 aromatic rings.